The summed E-state index contributed by atoms with van der Waals surface area (Å²) in [6.45, 7) is 14.8. The van der Waals surface area contributed by atoms with Gasteiger partial charge in [0.2, 0.25) is 0 Å². The molecule has 140 valence electrons. The number of benzene rings is 1. The van der Waals surface area contributed by atoms with Crippen molar-refractivity contribution in [3.63, 3.8) is 0 Å². The summed E-state index contributed by atoms with van der Waals surface area (Å²) >= 11 is 0. The van der Waals surface area contributed by atoms with Crippen LogP contribution in [-0.4, -0.2) is 16.4 Å². The first kappa shape index (κ1) is 20.0. The Bertz CT molecular complexity index is 747. The van der Waals surface area contributed by atoms with Gasteiger partial charge in [0.1, 0.15) is 0 Å². The Hall–Kier alpha value is -2.36. The lowest BCUT2D eigenvalue weighted by Gasteiger charge is -2.22. The van der Waals surface area contributed by atoms with E-state index < -0.39 is 0 Å². The molecule has 2 N–H and O–H groups in total. The van der Waals surface area contributed by atoms with E-state index in [0.29, 0.717) is 17.4 Å². The molecular weight excluding hydrogens is 322 g/mol. The van der Waals surface area contributed by atoms with Crippen LogP contribution < -0.4 is 10.6 Å². The van der Waals surface area contributed by atoms with E-state index in [0.717, 1.165) is 22.5 Å². The van der Waals surface area contributed by atoms with Crippen LogP contribution in [0.5, 0.6) is 0 Å². The molecule has 2 rings (SSSR count). The molecule has 0 aliphatic heterocycles. The van der Waals surface area contributed by atoms with E-state index in [2.05, 4.69) is 82.3 Å². The number of carbonyl (C=O) groups excluding carboxylic acids is 1. The number of hydrogen-bond acceptors (Lipinski definition) is 3. The van der Waals surface area contributed by atoms with Crippen molar-refractivity contribution in [3.8, 4) is 0 Å². The van der Waals surface area contributed by atoms with Crippen LogP contribution in [0.3, 0.4) is 0 Å². The third-order valence-electron chi connectivity index (χ3n) is 4.13. The summed E-state index contributed by atoms with van der Waals surface area (Å²) in [5, 5.41) is 6.50. The Morgan fingerprint density at radius 3 is 2.08 bits per heavy atom. The minimum atomic E-state index is -0.134. The van der Waals surface area contributed by atoms with Gasteiger partial charge >= 0.3 is 0 Å². The lowest BCUT2D eigenvalue weighted by atomic mass is 9.92. The first-order valence-electron chi connectivity index (χ1n) is 9.26. The molecule has 0 aliphatic carbocycles. The van der Waals surface area contributed by atoms with Gasteiger partial charge in [0.25, 0.3) is 5.91 Å². The molecule has 0 atom stereocenters. The predicted molar refractivity (Wildman–Crippen MR) is 110 cm³/mol. The number of nitrogens with one attached hydrogen (secondary N) is 2. The Labute approximate surface area is 157 Å². The van der Waals surface area contributed by atoms with Crippen molar-refractivity contribution in [1.82, 2.24) is 4.98 Å². The quantitative estimate of drug-likeness (QED) is 0.715. The third-order valence-corrected chi connectivity index (χ3v) is 4.13. The maximum absolute atomic E-state index is 12.9. The largest absolute Gasteiger partial charge is 0.379 e. The summed E-state index contributed by atoms with van der Waals surface area (Å²) in [4.78, 5) is 17.1. The molecule has 0 unspecified atom stereocenters. The van der Waals surface area contributed by atoms with E-state index in [1.54, 1.807) is 12.4 Å². The first-order valence-corrected chi connectivity index (χ1v) is 9.26. The molecule has 4 nitrogen and oxygen atoms in total. The second-order valence-electron chi connectivity index (χ2n) is 8.41. The summed E-state index contributed by atoms with van der Waals surface area (Å²) in [6.07, 6.45) is 3.35. The zero-order valence-corrected chi connectivity index (χ0v) is 17.0. The number of rotatable bonds is 5. The molecule has 0 fully saturated rings. The molecule has 0 radical (unpaired) electrons. The molecule has 1 aromatic carbocycles. The number of hydrogen-bond donors (Lipinski definition) is 2. The van der Waals surface area contributed by atoms with Gasteiger partial charge in [0.15, 0.2) is 0 Å². The van der Waals surface area contributed by atoms with Crippen molar-refractivity contribution in [2.45, 2.75) is 65.8 Å². The number of amides is 1. The standard InChI is InChI=1S/C22H31N3O/c1-14(2)18-9-8-10-19(15(3)4)20(18)24-21(26)16-11-17(13-23-12-16)25-22(5,6)7/h8-15,25H,1-7H3,(H,24,26). The van der Waals surface area contributed by atoms with Gasteiger partial charge in [-0.1, -0.05) is 45.9 Å². The highest BCUT2D eigenvalue weighted by Gasteiger charge is 2.18. The van der Waals surface area contributed by atoms with Crippen LogP contribution >= 0.6 is 0 Å². The van der Waals surface area contributed by atoms with Crippen molar-refractivity contribution in [1.29, 1.82) is 0 Å². The molecule has 0 spiro atoms. The number of aromatic nitrogens is 1. The first-order chi connectivity index (χ1) is 12.1. The topological polar surface area (TPSA) is 54.0 Å². The fraction of sp³-hybridized carbons (Fsp3) is 0.455. The number of nitrogens with zero attached hydrogens (tertiary/aromatic N) is 1. The van der Waals surface area contributed by atoms with Crippen molar-refractivity contribution >= 4 is 17.3 Å². The Morgan fingerprint density at radius 1 is 1.00 bits per heavy atom. The minimum absolute atomic E-state index is 0.0914. The van der Waals surface area contributed by atoms with Gasteiger partial charge in [-0.3, -0.25) is 9.78 Å². The molecule has 1 heterocycles. The zero-order valence-electron chi connectivity index (χ0n) is 17.0. The molecule has 26 heavy (non-hydrogen) atoms. The molecule has 2 aromatic rings. The molecule has 0 saturated heterocycles. The van der Waals surface area contributed by atoms with Crippen LogP contribution in [0.15, 0.2) is 36.7 Å². The minimum Gasteiger partial charge on any atom is -0.379 e. The Balaban J connectivity index is 2.35. The number of anilines is 2. The summed E-state index contributed by atoms with van der Waals surface area (Å²) in [7, 11) is 0. The highest BCUT2D eigenvalue weighted by atomic mass is 16.1. The van der Waals surface area contributed by atoms with Gasteiger partial charge in [-0.2, -0.15) is 0 Å². The molecule has 1 aromatic heterocycles. The Morgan fingerprint density at radius 2 is 1.58 bits per heavy atom. The van der Waals surface area contributed by atoms with E-state index >= 15 is 0 Å². The summed E-state index contributed by atoms with van der Waals surface area (Å²) in [5.74, 6) is 0.525. The lowest BCUT2D eigenvalue weighted by molar-refractivity contribution is 0.102. The molecular formula is C22H31N3O. The van der Waals surface area contributed by atoms with E-state index in [4.69, 9.17) is 0 Å². The maximum Gasteiger partial charge on any atom is 0.257 e. The van der Waals surface area contributed by atoms with E-state index in [1.807, 2.05) is 6.07 Å². The molecule has 1 amide bonds. The third kappa shape index (κ3) is 5.07. The number of para-hydroxylation sites is 1. The average Bonchev–Trinajstić information content (AvgIpc) is 2.53. The highest BCUT2D eigenvalue weighted by molar-refractivity contribution is 6.05. The van der Waals surface area contributed by atoms with Gasteiger partial charge in [-0.15, -0.1) is 0 Å². The van der Waals surface area contributed by atoms with Gasteiger partial charge in [-0.05, 0) is 49.8 Å². The second-order valence-corrected chi connectivity index (χ2v) is 8.41. The van der Waals surface area contributed by atoms with E-state index in [-0.39, 0.29) is 11.4 Å². The van der Waals surface area contributed by atoms with Crippen molar-refractivity contribution in [2.24, 2.45) is 0 Å². The monoisotopic (exact) mass is 353 g/mol. The average molecular weight is 354 g/mol. The summed E-state index contributed by atoms with van der Waals surface area (Å²) < 4.78 is 0. The fourth-order valence-corrected chi connectivity index (χ4v) is 2.95. The Kier molecular flexibility index (Phi) is 6.06. The van der Waals surface area contributed by atoms with E-state index in [1.165, 1.54) is 0 Å². The van der Waals surface area contributed by atoms with E-state index in [9.17, 15) is 4.79 Å². The normalized spacial score (nSPS) is 11.7. The number of carbonyl (C=O) groups is 1. The summed E-state index contributed by atoms with van der Waals surface area (Å²) in [5.41, 5.74) is 4.53. The fourth-order valence-electron chi connectivity index (χ4n) is 2.95. The van der Waals surface area contributed by atoms with Crippen molar-refractivity contribution in [3.05, 3.63) is 53.3 Å². The highest BCUT2D eigenvalue weighted by Crippen LogP contribution is 2.32. The van der Waals surface area contributed by atoms with Crippen LogP contribution in [-0.2, 0) is 0 Å². The van der Waals surface area contributed by atoms with Crippen molar-refractivity contribution in [2.75, 3.05) is 10.6 Å². The lowest BCUT2D eigenvalue weighted by Crippen LogP contribution is -2.26. The van der Waals surface area contributed by atoms with Crippen LogP contribution in [0.25, 0.3) is 0 Å². The zero-order chi connectivity index (χ0) is 19.5. The molecule has 0 bridgehead atoms. The van der Waals surface area contributed by atoms with Gasteiger partial charge in [0, 0.05) is 23.6 Å². The molecule has 0 saturated carbocycles. The smallest absolute Gasteiger partial charge is 0.257 e. The summed E-state index contributed by atoms with van der Waals surface area (Å²) in [6, 6.07) is 8.08. The van der Waals surface area contributed by atoms with Crippen LogP contribution in [0, 0.1) is 0 Å². The van der Waals surface area contributed by atoms with Gasteiger partial charge in [-0.25, -0.2) is 0 Å². The van der Waals surface area contributed by atoms with Crippen molar-refractivity contribution < 1.29 is 4.79 Å². The van der Waals surface area contributed by atoms with Crippen LogP contribution in [0.2, 0.25) is 0 Å². The van der Waals surface area contributed by atoms with Gasteiger partial charge < -0.3 is 10.6 Å². The SMILES string of the molecule is CC(C)c1cccc(C(C)C)c1NC(=O)c1cncc(NC(C)(C)C)c1. The van der Waals surface area contributed by atoms with Crippen LogP contribution in [0.4, 0.5) is 11.4 Å². The predicted octanol–water partition coefficient (Wildman–Crippen LogP) is 5.79. The van der Waals surface area contributed by atoms with Crippen LogP contribution in [0.1, 0.15) is 81.8 Å². The molecule has 4 heteroatoms. The van der Waals surface area contributed by atoms with Gasteiger partial charge in [0.05, 0.1) is 11.3 Å². The second kappa shape index (κ2) is 7.90. The maximum atomic E-state index is 12.9. The molecule has 0 aliphatic rings. The number of pyridine rings is 1.